The number of nitrogens with one attached hydrogen (secondary N) is 2. The van der Waals surface area contributed by atoms with E-state index in [-0.39, 0.29) is 6.61 Å². The number of hydrogen-bond donors (Lipinski definition) is 2. The largest absolute Gasteiger partial charge is 0.411 e. The molecule has 0 unspecified atom stereocenters. The van der Waals surface area contributed by atoms with Crippen LogP contribution in [0.3, 0.4) is 0 Å². The quantitative estimate of drug-likeness (QED) is 0.338. The van der Waals surface area contributed by atoms with Crippen LogP contribution in [0, 0.1) is 6.92 Å². The Bertz CT molecular complexity index is 760. The lowest BCUT2D eigenvalue weighted by Crippen LogP contribution is -2.37. The maximum atomic E-state index is 12.1. The minimum Gasteiger partial charge on any atom is -0.367 e. The molecule has 160 valence electrons. The summed E-state index contributed by atoms with van der Waals surface area (Å²) in [5.74, 6) is 0.715. The normalized spacial score (nSPS) is 12.2. The molecule has 0 fully saturated rings. The minimum atomic E-state index is -4.30. The van der Waals surface area contributed by atoms with Gasteiger partial charge in [0.25, 0.3) is 0 Å². The third kappa shape index (κ3) is 9.76. The van der Waals surface area contributed by atoms with Gasteiger partial charge in [-0.2, -0.15) is 13.2 Å². The van der Waals surface area contributed by atoms with Gasteiger partial charge in [-0.1, -0.05) is 24.3 Å². The number of thiazole rings is 1. The van der Waals surface area contributed by atoms with Crippen molar-refractivity contribution in [3.8, 4) is 0 Å². The maximum absolute atomic E-state index is 12.1. The van der Waals surface area contributed by atoms with E-state index in [9.17, 15) is 13.2 Å². The molecular formula is C20H27F3N4OS. The second-order valence-electron chi connectivity index (χ2n) is 6.62. The van der Waals surface area contributed by atoms with Gasteiger partial charge in [-0.05, 0) is 37.3 Å². The van der Waals surface area contributed by atoms with E-state index >= 15 is 0 Å². The molecule has 2 aromatic rings. The fourth-order valence-corrected chi connectivity index (χ4v) is 3.39. The number of nitrogens with zero attached hydrogens (tertiary/aromatic N) is 2. The first-order chi connectivity index (χ1) is 13.9. The Morgan fingerprint density at radius 3 is 2.48 bits per heavy atom. The van der Waals surface area contributed by atoms with Crippen LogP contribution in [0.25, 0.3) is 0 Å². The van der Waals surface area contributed by atoms with Gasteiger partial charge in [0.15, 0.2) is 5.96 Å². The van der Waals surface area contributed by atoms with Crippen molar-refractivity contribution < 1.29 is 17.9 Å². The Balaban J connectivity index is 1.62. The van der Waals surface area contributed by atoms with E-state index in [0.717, 1.165) is 37.1 Å². The number of aryl methyl sites for hydroxylation is 2. The van der Waals surface area contributed by atoms with Crippen LogP contribution in [-0.2, 0) is 24.3 Å². The van der Waals surface area contributed by atoms with Crippen molar-refractivity contribution in [3.05, 3.63) is 51.5 Å². The standard InChI is InChI=1S/C20H27F3N4OS/c1-15-13-29-18(27-15)5-3-4-10-25-19(24-2)26-11-16-6-8-17(9-7-16)12-28-14-20(21,22)23/h6-9,13H,3-5,10-12,14H2,1-2H3,(H2,24,25,26). The predicted molar refractivity (Wildman–Crippen MR) is 110 cm³/mol. The summed E-state index contributed by atoms with van der Waals surface area (Å²) < 4.78 is 40.9. The van der Waals surface area contributed by atoms with Crippen LogP contribution in [0.5, 0.6) is 0 Å². The third-order valence-corrected chi connectivity index (χ3v) is 5.04. The number of guanidine groups is 1. The molecule has 0 atom stereocenters. The molecular weight excluding hydrogens is 401 g/mol. The van der Waals surface area contributed by atoms with Gasteiger partial charge < -0.3 is 15.4 Å². The summed E-state index contributed by atoms with van der Waals surface area (Å²) in [7, 11) is 1.72. The van der Waals surface area contributed by atoms with Crippen LogP contribution in [0.1, 0.15) is 34.7 Å². The van der Waals surface area contributed by atoms with Crippen molar-refractivity contribution >= 4 is 17.3 Å². The second kappa shape index (κ2) is 11.8. The lowest BCUT2D eigenvalue weighted by molar-refractivity contribution is -0.176. The molecule has 0 radical (unpaired) electrons. The summed E-state index contributed by atoms with van der Waals surface area (Å²) in [5, 5.41) is 9.76. The topological polar surface area (TPSA) is 58.5 Å². The number of ether oxygens (including phenoxy) is 1. The Morgan fingerprint density at radius 2 is 1.86 bits per heavy atom. The SMILES string of the molecule is CN=C(NCCCCc1nc(C)cs1)NCc1ccc(COCC(F)(F)F)cc1. The van der Waals surface area contributed by atoms with E-state index < -0.39 is 12.8 Å². The van der Waals surface area contributed by atoms with Crippen molar-refractivity contribution in [2.45, 2.75) is 45.5 Å². The zero-order valence-electron chi connectivity index (χ0n) is 16.7. The number of aliphatic imine (C=N–C) groups is 1. The third-order valence-electron chi connectivity index (χ3n) is 4.02. The number of alkyl halides is 3. The Morgan fingerprint density at radius 1 is 1.14 bits per heavy atom. The van der Waals surface area contributed by atoms with Gasteiger partial charge in [-0.3, -0.25) is 4.99 Å². The molecule has 0 aliphatic heterocycles. The highest BCUT2D eigenvalue weighted by molar-refractivity contribution is 7.09. The van der Waals surface area contributed by atoms with E-state index in [1.165, 1.54) is 5.01 Å². The first-order valence-electron chi connectivity index (χ1n) is 9.43. The molecule has 1 aromatic carbocycles. The van der Waals surface area contributed by atoms with E-state index in [4.69, 9.17) is 0 Å². The molecule has 2 N–H and O–H groups in total. The number of unbranched alkanes of at least 4 members (excludes halogenated alkanes) is 1. The fraction of sp³-hybridized carbons (Fsp3) is 0.500. The summed E-state index contributed by atoms with van der Waals surface area (Å²) in [6, 6.07) is 7.26. The van der Waals surface area contributed by atoms with E-state index in [1.54, 1.807) is 30.5 Å². The molecule has 0 amide bonds. The lowest BCUT2D eigenvalue weighted by atomic mass is 10.1. The summed E-state index contributed by atoms with van der Waals surface area (Å²) in [6.45, 7) is 2.10. The predicted octanol–water partition coefficient (Wildman–Crippen LogP) is 4.22. The van der Waals surface area contributed by atoms with Gasteiger partial charge in [-0.15, -0.1) is 11.3 Å². The average molecular weight is 429 g/mol. The first kappa shape index (κ1) is 23.2. The van der Waals surface area contributed by atoms with Crippen LogP contribution in [-0.4, -0.2) is 37.3 Å². The van der Waals surface area contributed by atoms with Crippen LogP contribution >= 0.6 is 11.3 Å². The molecule has 5 nitrogen and oxygen atoms in total. The van der Waals surface area contributed by atoms with Crippen molar-refractivity contribution in [3.63, 3.8) is 0 Å². The molecule has 29 heavy (non-hydrogen) atoms. The highest BCUT2D eigenvalue weighted by Crippen LogP contribution is 2.16. The van der Waals surface area contributed by atoms with Crippen LogP contribution < -0.4 is 10.6 Å². The molecule has 0 aliphatic carbocycles. The monoisotopic (exact) mass is 428 g/mol. The van der Waals surface area contributed by atoms with E-state index in [2.05, 4.69) is 30.7 Å². The highest BCUT2D eigenvalue weighted by atomic mass is 32.1. The van der Waals surface area contributed by atoms with Gasteiger partial charge in [-0.25, -0.2) is 4.98 Å². The zero-order chi connectivity index (χ0) is 21.1. The highest BCUT2D eigenvalue weighted by Gasteiger charge is 2.27. The molecule has 0 saturated heterocycles. The van der Waals surface area contributed by atoms with Crippen molar-refractivity contribution in [2.75, 3.05) is 20.2 Å². The van der Waals surface area contributed by atoms with Crippen LogP contribution in [0.2, 0.25) is 0 Å². The van der Waals surface area contributed by atoms with Crippen LogP contribution in [0.4, 0.5) is 13.2 Å². The first-order valence-corrected chi connectivity index (χ1v) is 10.3. The summed E-state index contributed by atoms with van der Waals surface area (Å²) in [6.07, 6.45) is -1.22. The van der Waals surface area contributed by atoms with Gasteiger partial charge in [0.05, 0.1) is 11.6 Å². The number of hydrogen-bond acceptors (Lipinski definition) is 4. The zero-order valence-corrected chi connectivity index (χ0v) is 17.5. The van der Waals surface area contributed by atoms with E-state index in [0.29, 0.717) is 18.1 Å². The molecule has 0 spiro atoms. The number of aromatic nitrogens is 1. The average Bonchev–Trinajstić information content (AvgIpc) is 3.09. The summed E-state index contributed by atoms with van der Waals surface area (Å²) >= 11 is 1.70. The van der Waals surface area contributed by atoms with Crippen molar-refractivity contribution in [1.29, 1.82) is 0 Å². The molecule has 0 saturated carbocycles. The number of benzene rings is 1. The Kier molecular flexibility index (Phi) is 9.40. The van der Waals surface area contributed by atoms with Gasteiger partial charge in [0.1, 0.15) is 6.61 Å². The van der Waals surface area contributed by atoms with Gasteiger partial charge in [0.2, 0.25) is 0 Å². The number of halogens is 3. The lowest BCUT2D eigenvalue weighted by Gasteiger charge is -2.12. The Labute approximate surface area is 173 Å². The molecule has 0 bridgehead atoms. The summed E-state index contributed by atoms with van der Waals surface area (Å²) in [5.41, 5.74) is 2.79. The number of rotatable bonds is 10. The molecule has 2 rings (SSSR count). The van der Waals surface area contributed by atoms with Crippen molar-refractivity contribution in [2.24, 2.45) is 4.99 Å². The summed E-state index contributed by atoms with van der Waals surface area (Å²) in [4.78, 5) is 8.66. The van der Waals surface area contributed by atoms with Crippen molar-refractivity contribution in [1.82, 2.24) is 15.6 Å². The van der Waals surface area contributed by atoms with Gasteiger partial charge in [0, 0.05) is 31.2 Å². The van der Waals surface area contributed by atoms with E-state index in [1.807, 2.05) is 19.1 Å². The smallest absolute Gasteiger partial charge is 0.367 e. The minimum absolute atomic E-state index is 0.0585. The fourth-order valence-electron chi connectivity index (χ4n) is 2.57. The maximum Gasteiger partial charge on any atom is 0.411 e. The molecule has 0 aliphatic rings. The molecule has 9 heteroatoms. The van der Waals surface area contributed by atoms with Gasteiger partial charge >= 0.3 is 6.18 Å². The van der Waals surface area contributed by atoms with Crippen LogP contribution in [0.15, 0.2) is 34.6 Å². The molecule has 1 aromatic heterocycles. The molecule has 1 heterocycles. The Hall–Kier alpha value is -2.13. The second-order valence-corrected chi connectivity index (χ2v) is 7.56.